The number of benzene rings is 2. The Hall–Kier alpha value is -2.27. The van der Waals surface area contributed by atoms with Crippen LogP contribution in [-0.4, -0.2) is 30.5 Å². The van der Waals surface area contributed by atoms with Crippen LogP contribution in [0.25, 0.3) is 11.3 Å². The number of ether oxygens (including phenoxy) is 1. The van der Waals surface area contributed by atoms with Gasteiger partial charge < -0.3 is 9.64 Å². The van der Waals surface area contributed by atoms with Gasteiger partial charge in [0.15, 0.2) is 0 Å². The number of rotatable bonds is 6. The van der Waals surface area contributed by atoms with Crippen LogP contribution in [0.2, 0.25) is 5.02 Å². The summed E-state index contributed by atoms with van der Waals surface area (Å²) in [6, 6.07) is 16.6. The van der Waals surface area contributed by atoms with E-state index in [2.05, 4.69) is 36.1 Å². The molecule has 0 N–H and O–H groups in total. The summed E-state index contributed by atoms with van der Waals surface area (Å²) in [7, 11) is 4.13. The number of hydrogen-bond acceptors (Lipinski definition) is 3. The maximum absolute atomic E-state index is 13.6. The first-order valence-corrected chi connectivity index (χ1v) is 10.2. The Morgan fingerprint density at radius 3 is 2.66 bits per heavy atom. The van der Waals surface area contributed by atoms with Crippen LogP contribution in [-0.2, 0) is 16.9 Å². The third kappa shape index (κ3) is 3.93. The SMILES string of the molecule is CN(C)CCCC1(c2ccc(F)cc2)OCc2cc(-c3ncccc3Cl)ccc21. The van der Waals surface area contributed by atoms with Gasteiger partial charge in [-0.1, -0.05) is 35.9 Å². The molecule has 3 nitrogen and oxygen atoms in total. The van der Waals surface area contributed by atoms with Crippen molar-refractivity contribution in [3.8, 4) is 11.3 Å². The lowest BCUT2D eigenvalue weighted by Crippen LogP contribution is -2.28. The first kappa shape index (κ1) is 20.0. The average Bonchev–Trinajstić information content (AvgIpc) is 3.07. The summed E-state index contributed by atoms with van der Waals surface area (Å²) in [6.07, 6.45) is 3.54. The second-order valence-electron chi connectivity index (χ2n) is 7.74. The van der Waals surface area contributed by atoms with E-state index in [1.54, 1.807) is 6.20 Å². The molecule has 1 aromatic heterocycles. The maximum Gasteiger partial charge on any atom is 0.123 e. The zero-order valence-corrected chi connectivity index (χ0v) is 17.4. The van der Waals surface area contributed by atoms with Crippen molar-refractivity contribution in [3.63, 3.8) is 0 Å². The van der Waals surface area contributed by atoms with E-state index in [1.165, 1.54) is 12.1 Å². The molecule has 1 unspecified atom stereocenters. The van der Waals surface area contributed by atoms with Gasteiger partial charge in [0.25, 0.3) is 0 Å². The van der Waals surface area contributed by atoms with Crippen LogP contribution in [0.3, 0.4) is 0 Å². The van der Waals surface area contributed by atoms with Crippen LogP contribution in [0, 0.1) is 5.82 Å². The van der Waals surface area contributed by atoms with Crippen molar-refractivity contribution < 1.29 is 9.13 Å². The number of fused-ring (bicyclic) bond motifs is 1. The standard InChI is InChI=1S/C24H24ClFN2O/c1-28(2)14-4-12-24(19-7-9-20(26)10-8-19)21-11-6-17(15-18(21)16-29-24)23-22(25)5-3-13-27-23/h3,5-11,13,15H,4,12,14,16H2,1-2H3. The lowest BCUT2D eigenvalue weighted by molar-refractivity contribution is -0.0140. The van der Waals surface area contributed by atoms with Crippen LogP contribution < -0.4 is 0 Å². The Labute approximate surface area is 176 Å². The van der Waals surface area contributed by atoms with Gasteiger partial charge in [0.05, 0.1) is 17.3 Å². The second-order valence-corrected chi connectivity index (χ2v) is 8.14. The molecule has 0 aliphatic carbocycles. The molecule has 1 aliphatic heterocycles. The van der Waals surface area contributed by atoms with Crippen molar-refractivity contribution in [1.82, 2.24) is 9.88 Å². The van der Waals surface area contributed by atoms with Crippen molar-refractivity contribution in [1.29, 1.82) is 0 Å². The van der Waals surface area contributed by atoms with E-state index in [-0.39, 0.29) is 5.82 Å². The minimum Gasteiger partial charge on any atom is -0.361 e. The van der Waals surface area contributed by atoms with E-state index in [1.807, 2.05) is 30.3 Å². The largest absolute Gasteiger partial charge is 0.361 e. The topological polar surface area (TPSA) is 25.4 Å². The lowest BCUT2D eigenvalue weighted by atomic mass is 9.81. The van der Waals surface area contributed by atoms with Crippen LogP contribution in [0.4, 0.5) is 4.39 Å². The van der Waals surface area contributed by atoms with Gasteiger partial charge >= 0.3 is 0 Å². The van der Waals surface area contributed by atoms with Gasteiger partial charge in [-0.2, -0.15) is 0 Å². The Balaban J connectivity index is 1.75. The molecular weight excluding hydrogens is 387 g/mol. The Bertz CT molecular complexity index is 1010. The molecule has 0 bridgehead atoms. The van der Waals surface area contributed by atoms with Gasteiger partial charge in [-0.3, -0.25) is 4.98 Å². The fourth-order valence-electron chi connectivity index (χ4n) is 4.08. The van der Waals surface area contributed by atoms with Crippen molar-refractivity contribution in [2.75, 3.05) is 20.6 Å². The fourth-order valence-corrected chi connectivity index (χ4v) is 4.32. The van der Waals surface area contributed by atoms with Crippen LogP contribution in [0.1, 0.15) is 29.5 Å². The molecule has 29 heavy (non-hydrogen) atoms. The zero-order valence-electron chi connectivity index (χ0n) is 16.7. The van der Waals surface area contributed by atoms with Gasteiger partial charge in [0.1, 0.15) is 11.4 Å². The molecule has 5 heteroatoms. The quantitative estimate of drug-likeness (QED) is 0.524. The highest BCUT2D eigenvalue weighted by Crippen LogP contribution is 2.46. The van der Waals surface area contributed by atoms with Gasteiger partial charge in [0, 0.05) is 11.8 Å². The number of nitrogens with zero attached hydrogens (tertiary/aromatic N) is 2. The Kier molecular flexibility index (Phi) is 5.68. The van der Waals surface area contributed by atoms with Crippen molar-refractivity contribution in [2.45, 2.75) is 25.0 Å². The fraction of sp³-hybridized carbons (Fsp3) is 0.292. The molecule has 0 saturated heterocycles. The van der Waals surface area contributed by atoms with E-state index in [0.29, 0.717) is 11.6 Å². The van der Waals surface area contributed by atoms with E-state index in [4.69, 9.17) is 16.3 Å². The van der Waals surface area contributed by atoms with E-state index >= 15 is 0 Å². The summed E-state index contributed by atoms with van der Waals surface area (Å²) in [5.74, 6) is -0.240. The molecule has 2 heterocycles. The Morgan fingerprint density at radius 1 is 1.14 bits per heavy atom. The van der Waals surface area contributed by atoms with Crippen molar-refractivity contribution >= 4 is 11.6 Å². The highest BCUT2D eigenvalue weighted by molar-refractivity contribution is 6.33. The highest BCUT2D eigenvalue weighted by Gasteiger charge is 2.41. The van der Waals surface area contributed by atoms with Crippen molar-refractivity contribution in [3.05, 3.63) is 88.3 Å². The average molecular weight is 411 g/mol. The molecule has 3 aromatic rings. The van der Waals surface area contributed by atoms with E-state index in [9.17, 15) is 4.39 Å². The summed E-state index contributed by atoms with van der Waals surface area (Å²) in [5, 5.41) is 0.627. The van der Waals surface area contributed by atoms with Crippen molar-refractivity contribution in [2.24, 2.45) is 0 Å². The predicted molar refractivity (Wildman–Crippen MR) is 114 cm³/mol. The van der Waals surface area contributed by atoms with Gasteiger partial charge in [0.2, 0.25) is 0 Å². The molecule has 0 fully saturated rings. The molecule has 2 aromatic carbocycles. The third-order valence-electron chi connectivity index (χ3n) is 5.49. The number of hydrogen-bond donors (Lipinski definition) is 0. The molecule has 0 radical (unpaired) electrons. The van der Waals surface area contributed by atoms with E-state index in [0.717, 1.165) is 47.3 Å². The summed E-state index contributed by atoms with van der Waals surface area (Å²) in [6.45, 7) is 1.47. The number of halogens is 2. The maximum atomic E-state index is 13.6. The van der Waals surface area contributed by atoms with E-state index < -0.39 is 5.60 Å². The van der Waals surface area contributed by atoms with Gasteiger partial charge in [-0.05, 0) is 80.5 Å². The molecule has 0 spiro atoms. The Morgan fingerprint density at radius 2 is 1.93 bits per heavy atom. The minimum absolute atomic E-state index is 0.240. The zero-order chi connectivity index (χ0) is 20.4. The summed E-state index contributed by atoms with van der Waals surface area (Å²) < 4.78 is 20.0. The minimum atomic E-state index is -0.564. The van der Waals surface area contributed by atoms with Crippen LogP contribution >= 0.6 is 11.6 Å². The van der Waals surface area contributed by atoms with Crippen LogP contribution in [0.5, 0.6) is 0 Å². The first-order chi connectivity index (χ1) is 14.0. The summed E-state index contributed by atoms with van der Waals surface area (Å²) in [4.78, 5) is 6.59. The third-order valence-corrected chi connectivity index (χ3v) is 5.80. The predicted octanol–water partition coefficient (Wildman–Crippen LogP) is 5.66. The van der Waals surface area contributed by atoms with Gasteiger partial charge in [-0.15, -0.1) is 0 Å². The molecule has 150 valence electrons. The monoisotopic (exact) mass is 410 g/mol. The van der Waals surface area contributed by atoms with Gasteiger partial charge in [-0.25, -0.2) is 4.39 Å². The number of pyridine rings is 1. The molecule has 1 atom stereocenters. The lowest BCUT2D eigenvalue weighted by Gasteiger charge is -2.31. The molecular formula is C24H24ClFN2O. The van der Waals surface area contributed by atoms with Crippen LogP contribution in [0.15, 0.2) is 60.8 Å². The first-order valence-electron chi connectivity index (χ1n) is 9.79. The normalized spacial score (nSPS) is 18.2. The molecule has 1 aliphatic rings. The number of aromatic nitrogens is 1. The molecule has 0 amide bonds. The summed E-state index contributed by atoms with van der Waals surface area (Å²) in [5.41, 5.74) is 4.42. The second kappa shape index (κ2) is 8.23. The molecule has 4 rings (SSSR count). The highest BCUT2D eigenvalue weighted by atomic mass is 35.5. The molecule has 0 saturated carbocycles. The summed E-state index contributed by atoms with van der Waals surface area (Å²) >= 11 is 6.34. The smallest absolute Gasteiger partial charge is 0.123 e.